The number of carboxylic acids is 1. The minimum absolute atomic E-state index is 0.276. The van der Waals surface area contributed by atoms with Gasteiger partial charge in [-0.15, -0.1) is 0 Å². The van der Waals surface area contributed by atoms with Gasteiger partial charge >= 0.3 is 18.1 Å². The molecule has 0 bridgehead atoms. The number of ether oxygens (including phenoxy) is 2. The second-order valence-electron chi connectivity index (χ2n) is 7.46. The molecule has 0 spiro atoms. The third-order valence-electron chi connectivity index (χ3n) is 4.85. The van der Waals surface area contributed by atoms with Crippen LogP contribution < -0.4 is 11.5 Å². The summed E-state index contributed by atoms with van der Waals surface area (Å²) in [7, 11) is 0. The molecule has 3 rings (SSSR count). The number of benzene rings is 1. The monoisotopic (exact) mass is 520 g/mol. The molecule has 5 atom stereocenters. The molecule has 1 aliphatic heterocycles. The molecule has 0 unspecified atom stereocenters. The van der Waals surface area contributed by atoms with Gasteiger partial charge < -0.3 is 41.4 Å². The average molecular weight is 520 g/mol. The Hall–Kier alpha value is -3.73. The van der Waals surface area contributed by atoms with Crippen LogP contribution in [-0.4, -0.2) is 85.0 Å². The van der Waals surface area contributed by atoms with E-state index in [1.54, 1.807) is 0 Å². The standard InChI is InChI=1S/C18H22N4O7.C2HF3O2/c19-10(6-9-4-2-1-3-5-9)18(27)28-7-11-13(23)14(24)17(29-11)22-8-21-12(15(20)25)16(22)26;3-2(4,5)1(6)7/h1-5,8,10-11,13-14,17,23-24,26H,6-7,19H2,(H2,20,25);(H,6,7)/t10-,11+,13+,14+,17+;/m0./s1. The molecule has 2 aromatic rings. The molecule has 8 N–H and O–H groups in total. The minimum Gasteiger partial charge on any atom is -0.493 e. The number of nitrogens with zero attached hydrogens (tertiary/aromatic N) is 2. The maximum Gasteiger partial charge on any atom is 0.490 e. The topological polar surface area (TPSA) is 220 Å². The Morgan fingerprint density at radius 1 is 1.17 bits per heavy atom. The largest absolute Gasteiger partial charge is 0.493 e. The normalized spacial score (nSPS) is 22.3. The molecule has 36 heavy (non-hydrogen) atoms. The molecule has 1 fully saturated rings. The third kappa shape index (κ3) is 7.14. The smallest absolute Gasteiger partial charge is 0.490 e. The number of carbonyl (C=O) groups excluding carboxylic acids is 2. The zero-order chi connectivity index (χ0) is 27.2. The van der Waals surface area contributed by atoms with Crippen molar-refractivity contribution < 1.29 is 57.5 Å². The summed E-state index contributed by atoms with van der Waals surface area (Å²) in [5.74, 6) is -5.03. The summed E-state index contributed by atoms with van der Waals surface area (Å²) < 4.78 is 43.3. The van der Waals surface area contributed by atoms with Crippen LogP contribution in [0.15, 0.2) is 36.7 Å². The first-order valence-electron chi connectivity index (χ1n) is 10.1. The summed E-state index contributed by atoms with van der Waals surface area (Å²) in [5.41, 5.74) is 11.4. The maximum absolute atomic E-state index is 12.1. The first kappa shape index (κ1) is 28.5. The molecule has 1 amide bonds. The number of esters is 1. The third-order valence-corrected chi connectivity index (χ3v) is 4.85. The highest BCUT2D eigenvalue weighted by Gasteiger charge is 2.45. The molecule has 0 saturated carbocycles. The van der Waals surface area contributed by atoms with Crippen LogP contribution in [0.4, 0.5) is 13.2 Å². The van der Waals surface area contributed by atoms with Gasteiger partial charge in [-0.1, -0.05) is 30.3 Å². The first-order valence-corrected chi connectivity index (χ1v) is 10.1. The van der Waals surface area contributed by atoms with E-state index in [1.165, 1.54) is 0 Å². The number of imidazole rings is 1. The number of rotatable bonds is 7. The Labute approximate surface area is 200 Å². The number of aliphatic carboxylic acids is 1. The van der Waals surface area contributed by atoms with Crippen molar-refractivity contribution in [3.63, 3.8) is 0 Å². The van der Waals surface area contributed by atoms with Gasteiger partial charge in [-0.25, -0.2) is 9.78 Å². The van der Waals surface area contributed by atoms with Crippen LogP contribution in [0.5, 0.6) is 5.88 Å². The van der Waals surface area contributed by atoms with Gasteiger partial charge in [-0.2, -0.15) is 13.2 Å². The lowest BCUT2D eigenvalue weighted by Gasteiger charge is -2.17. The van der Waals surface area contributed by atoms with Crippen LogP contribution in [0, 0.1) is 0 Å². The Morgan fingerprint density at radius 3 is 2.25 bits per heavy atom. The SMILES string of the molecule is NC(=O)c1ncn([C@@H]2O[C@H](COC(=O)[C@@H](N)Cc3ccccc3)[C@@H](O)[C@H]2O)c1O.O=C(O)C(F)(F)F. The molecular formula is C20H23F3N4O9. The molecule has 1 aliphatic rings. The second kappa shape index (κ2) is 11.8. The molecular weight excluding hydrogens is 497 g/mol. The number of aliphatic hydroxyl groups is 2. The van der Waals surface area contributed by atoms with E-state index < -0.39 is 66.2 Å². The molecule has 1 aromatic carbocycles. The number of hydrogen-bond acceptors (Lipinski definition) is 10. The molecule has 198 valence electrons. The van der Waals surface area contributed by atoms with Gasteiger partial charge in [-0.05, 0) is 12.0 Å². The molecule has 13 nitrogen and oxygen atoms in total. The fraction of sp³-hybridized carbons (Fsp3) is 0.400. The van der Waals surface area contributed by atoms with Crippen molar-refractivity contribution in [3.05, 3.63) is 47.9 Å². The van der Waals surface area contributed by atoms with Gasteiger partial charge in [0.05, 0.1) is 0 Å². The van der Waals surface area contributed by atoms with Crippen LogP contribution in [0.3, 0.4) is 0 Å². The summed E-state index contributed by atoms with van der Waals surface area (Å²) in [4.78, 5) is 35.9. The second-order valence-corrected chi connectivity index (χ2v) is 7.46. The predicted octanol–water partition coefficient (Wildman–Crippen LogP) is -0.947. The van der Waals surface area contributed by atoms with Crippen molar-refractivity contribution in [1.29, 1.82) is 0 Å². The van der Waals surface area contributed by atoms with E-state index in [0.717, 1.165) is 16.5 Å². The highest BCUT2D eigenvalue weighted by Crippen LogP contribution is 2.33. The summed E-state index contributed by atoms with van der Waals surface area (Å²) in [6.45, 7) is -0.367. The van der Waals surface area contributed by atoms with Crippen molar-refractivity contribution in [3.8, 4) is 5.88 Å². The molecule has 2 heterocycles. The van der Waals surface area contributed by atoms with E-state index in [2.05, 4.69) is 4.98 Å². The van der Waals surface area contributed by atoms with Crippen molar-refractivity contribution >= 4 is 17.8 Å². The van der Waals surface area contributed by atoms with Crippen LogP contribution in [0.2, 0.25) is 0 Å². The number of aromatic hydroxyl groups is 1. The van der Waals surface area contributed by atoms with Crippen molar-refractivity contribution in [2.75, 3.05) is 6.61 Å². The Kier molecular flexibility index (Phi) is 9.35. The fourth-order valence-corrected chi connectivity index (χ4v) is 3.03. The number of halogens is 3. The fourth-order valence-electron chi connectivity index (χ4n) is 3.03. The molecule has 1 aromatic heterocycles. The number of amides is 1. The molecule has 1 saturated heterocycles. The van der Waals surface area contributed by atoms with Crippen LogP contribution in [-0.2, 0) is 25.5 Å². The number of primary amides is 1. The van der Waals surface area contributed by atoms with E-state index in [0.29, 0.717) is 0 Å². The number of aliphatic hydroxyl groups excluding tert-OH is 2. The van der Waals surface area contributed by atoms with E-state index in [9.17, 15) is 38.1 Å². The first-order chi connectivity index (χ1) is 16.7. The Balaban J connectivity index is 0.000000572. The van der Waals surface area contributed by atoms with Crippen molar-refractivity contribution in [2.45, 2.75) is 43.2 Å². The number of carboxylic acid groups (broad SMARTS) is 1. The zero-order valence-electron chi connectivity index (χ0n) is 18.3. The van der Waals surface area contributed by atoms with E-state index in [4.69, 9.17) is 30.8 Å². The summed E-state index contributed by atoms with van der Waals surface area (Å²) in [6.07, 6.45) is -9.00. The van der Waals surface area contributed by atoms with Crippen LogP contribution >= 0.6 is 0 Å². The van der Waals surface area contributed by atoms with Gasteiger partial charge in [-0.3, -0.25) is 14.2 Å². The summed E-state index contributed by atoms with van der Waals surface area (Å²) >= 11 is 0. The lowest BCUT2D eigenvalue weighted by atomic mass is 10.1. The zero-order valence-corrected chi connectivity index (χ0v) is 18.3. The number of hydrogen-bond donors (Lipinski definition) is 6. The summed E-state index contributed by atoms with van der Waals surface area (Å²) in [6, 6.07) is 8.25. The van der Waals surface area contributed by atoms with E-state index >= 15 is 0 Å². The number of alkyl halides is 3. The van der Waals surface area contributed by atoms with Gasteiger partial charge in [0.25, 0.3) is 5.91 Å². The van der Waals surface area contributed by atoms with E-state index in [-0.39, 0.29) is 13.0 Å². The highest BCUT2D eigenvalue weighted by atomic mass is 19.4. The van der Waals surface area contributed by atoms with Gasteiger partial charge in [0.1, 0.15) is 37.3 Å². The summed E-state index contributed by atoms with van der Waals surface area (Å²) in [5, 5.41) is 37.5. The van der Waals surface area contributed by atoms with Gasteiger partial charge in [0.15, 0.2) is 11.9 Å². The lowest BCUT2D eigenvalue weighted by molar-refractivity contribution is -0.192. The number of nitrogens with two attached hydrogens (primary N) is 2. The van der Waals surface area contributed by atoms with E-state index in [1.807, 2.05) is 30.3 Å². The quantitative estimate of drug-likeness (QED) is 0.244. The molecule has 0 radical (unpaired) electrons. The number of aromatic nitrogens is 2. The average Bonchev–Trinajstić information content (AvgIpc) is 3.32. The molecule has 16 heteroatoms. The highest BCUT2D eigenvalue weighted by molar-refractivity contribution is 5.93. The lowest BCUT2D eigenvalue weighted by Crippen LogP contribution is -2.38. The van der Waals surface area contributed by atoms with Gasteiger partial charge in [0, 0.05) is 0 Å². The number of carbonyl (C=O) groups is 3. The predicted molar refractivity (Wildman–Crippen MR) is 111 cm³/mol. The van der Waals surface area contributed by atoms with Crippen LogP contribution in [0.25, 0.3) is 0 Å². The molecule has 0 aliphatic carbocycles. The Morgan fingerprint density at radius 2 is 1.75 bits per heavy atom. The van der Waals surface area contributed by atoms with Crippen molar-refractivity contribution in [1.82, 2.24) is 9.55 Å². The maximum atomic E-state index is 12.1. The van der Waals surface area contributed by atoms with Crippen molar-refractivity contribution in [2.24, 2.45) is 11.5 Å². The Bertz CT molecular complexity index is 1060. The van der Waals surface area contributed by atoms with Crippen LogP contribution in [0.1, 0.15) is 22.3 Å². The van der Waals surface area contributed by atoms with Gasteiger partial charge in [0.2, 0.25) is 5.88 Å². The minimum atomic E-state index is -5.08.